The number of hydrogen-bond acceptors (Lipinski definition) is 4. The maximum Gasteiger partial charge on any atom is 0.240 e. The highest BCUT2D eigenvalue weighted by atomic mass is 32.2. The van der Waals surface area contributed by atoms with Crippen LogP contribution >= 0.6 is 0 Å². The van der Waals surface area contributed by atoms with Gasteiger partial charge >= 0.3 is 0 Å². The first-order valence-corrected chi connectivity index (χ1v) is 9.69. The molecule has 0 bridgehead atoms. The van der Waals surface area contributed by atoms with E-state index in [1.807, 2.05) is 12.1 Å². The fourth-order valence-corrected chi connectivity index (χ4v) is 3.70. The third kappa shape index (κ3) is 4.18. The van der Waals surface area contributed by atoms with E-state index in [2.05, 4.69) is 16.7 Å². The quantitative estimate of drug-likeness (QED) is 0.671. The van der Waals surface area contributed by atoms with Crippen molar-refractivity contribution in [1.82, 2.24) is 14.5 Å². The number of rotatable bonds is 8. The highest BCUT2D eigenvalue weighted by Gasteiger charge is 2.21. The molecule has 6 nitrogen and oxygen atoms in total. The highest BCUT2D eigenvalue weighted by molar-refractivity contribution is 7.89. The minimum Gasteiger partial charge on any atom is -0.467 e. The smallest absolute Gasteiger partial charge is 0.240 e. The van der Waals surface area contributed by atoms with Gasteiger partial charge in [-0.15, -0.1) is 0 Å². The van der Waals surface area contributed by atoms with Gasteiger partial charge in [0.05, 0.1) is 11.2 Å². The SMILES string of the molecule is CCCc1ccc(S(=O)(=O)NCC(c2ccco2)n2cccn2)cc1. The Kier molecular flexibility index (Phi) is 5.35. The number of benzene rings is 1. The van der Waals surface area contributed by atoms with E-state index in [1.54, 1.807) is 53.7 Å². The summed E-state index contributed by atoms with van der Waals surface area (Å²) in [5, 5.41) is 4.20. The van der Waals surface area contributed by atoms with Crippen molar-refractivity contribution in [3.8, 4) is 0 Å². The van der Waals surface area contributed by atoms with Crippen LogP contribution < -0.4 is 4.72 Å². The number of hydrogen-bond donors (Lipinski definition) is 1. The molecule has 3 rings (SSSR count). The van der Waals surface area contributed by atoms with Gasteiger partial charge in [-0.2, -0.15) is 5.10 Å². The number of aromatic nitrogens is 2. The van der Waals surface area contributed by atoms with Gasteiger partial charge in [-0.25, -0.2) is 13.1 Å². The minimum atomic E-state index is -3.60. The lowest BCUT2D eigenvalue weighted by Gasteiger charge is -2.16. The third-order valence-corrected chi connectivity index (χ3v) is 5.39. The zero-order valence-electron chi connectivity index (χ0n) is 14.0. The molecule has 0 aliphatic rings. The third-order valence-electron chi connectivity index (χ3n) is 3.95. The first-order valence-electron chi connectivity index (χ1n) is 8.21. The number of sulfonamides is 1. The molecule has 1 N–H and O–H groups in total. The van der Waals surface area contributed by atoms with E-state index < -0.39 is 10.0 Å². The fraction of sp³-hybridized carbons (Fsp3) is 0.278. The minimum absolute atomic E-state index is 0.147. The second-order valence-electron chi connectivity index (χ2n) is 5.76. The summed E-state index contributed by atoms with van der Waals surface area (Å²) >= 11 is 0. The Balaban J connectivity index is 1.75. The molecule has 25 heavy (non-hydrogen) atoms. The molecule has 0 aliphatic heterocycles. The molecular formula is C18H21N3O3S. The second-order valence-corrected chi connectivity index (χ2v) is 7.53. The Morgan fingerprint density at radius 2 is 2.00 bits per heavy atom. The monoisotopic (exact) mass is 359 g/mol. The van der Waals surface area contributed by atoms with Gasteiger partial charge in [0, 0.05) is 18.9 Å². The Hall–Kier alpha value is -2.38. The first kappa shape index (κ1) is 17.4. The van der Waals surface area contributed by atoms with E-state index in [9.17, 15) is 8.42 Å². The average molecular weight is 359 g/mol. The van der Waals surface area contributed by atoms with Crippen molar-refractivity contribution in [1.29, 1.82) is 0 Å². The molecule has 1 unspecified atom stereocenters. The standard InChI is InChI=1S/C18H21N3O3S/c1-2-5-15-7-9-16(10-8-15)25(22,23)20-14-17(18-6-3-13-24-18)21-12-4-11-19-21/h3-4,6-13,17,20H,2,5,14H2,1H3. The first-order chi connectivity index (χ1) is 12.1. The molecule has 0 amide bonds. The Bertz CT molecular complexity index is 836. The number of furan rings is 1. The largest absolute Gasteiger partial charge is 0.467 e. The fourth-order valence-electron chi connectivity index (χ4n) is 2.67. The molecule has 1 aromatic carbocycles. The molecular weight excluding hydrogens is 338 g/mol. The predicted octanol–water partition coefficient (Wildman–Crippen LogP) is 3.00. The van der Waals surface area contributed by atoms with E-state index in [0.29, 0.717) is 5.76 Å². The molecule has 2 aromatic heterocycles. The summed E-state index contributed by atoms with van der Waals surface area (Å²) < 4.78 is 34.9. The van der Waals surface area contributed by atoms with Crippen molar-refractivity contribution < 1.29 is 12.8 Å². The van der Waals surface area contributed by atoms with Gasteiger partial charge < -0.3 is 4.42 Å². The lowest BCUT2D eigenvalue weighted by atomic mass is 10.1. The highest BCUT2D eigenvalue weighted by Crippen LogP contribution is 2.19. The van der Waals surface area contributed by atoms with Gasteiger partial charge in [0.15, 0.2) is 0 Å². The van der Waals surface area contributed by atoms with Gasteiger partial charge in [0.1, 0.15) is 11.8 Å². The molecule has 7 heteroatoms. The van der Waals surface area contributed by atoms with Crippen LogP contribution in [0, 0.1) is 0 Å². The van der Waals surface area contributed by atoms with Gasteiger partial charge in [-0.3, -0.25) is 4.68 Å². The van der Waals surface area contributed by atoms with E-state index in [0.717, 1.165) is 18.4 Å². The van der Waals surface area contributed by atoms with E-state index in [4.69, 9.17) is 4.42 Å². The van der Waals surface area contributed by atoms with Gasteiger partial charge in [0.2, 0.25) is 10.0 Å². The van der Waals surface area contributed by atoms with E-state index >= 15 is 0 Å². The van der Waals surface area contributed by atoms with Crippen LogP contribution in [0.1, 0.15) is 30.7 Å². The molecule has 1 atom stereocenters. The molecule has 132 valence electrons. The van der Waals surface area contributed by atoms with Crippen LogP contribution in [0.4, 0.5) is 0 Å². The molecule has 0 fully saturated rings. The summed E-state index contributed by atoms with van der Waals surface area (Å²) in [5.74, 6) is 0.643. The van der Waals surface area contributed by atoms with Crippen LogP contribution in [0.25, 0.3) is 0 Å². The van der Waals surface area contributed by atoms with Crippen LogP contribution in [-0.4, -0.2) is 24.7 Å². The maximum absolute atomic E-state index is 12.6. The number of nitrogens with one attached hydrogen (secondary N) is 1. The zero-order chi connectivity index (χ0) is 17.7. The second kappa shape index (κ2) is 7.67. The summed E-state index contributed by atoms with van der Waals surface area (Å²) in [6, 6.07) is 12.0. The van der Waals surface area contributed by atoms with Crippen molar-refractivity contribution in [2.24, 2.45) is 0 Å². The maximum atomic E-state index is 12.6. The van der Waals surface area contributed by atoms with Gasteiger partial charge in [0.25, 0.3) is 0 Å². The van der Waals surface area contributed by atoms with Crippen molar-refractivity contribution in [2.45, 2.75) is 30.7 Å². The number of nitrogens with zero attached hydrogens (tertiary/aromatic N) is 2. The van der Waals surface area contributed by atoms with Crippen molar-refractivity contribution >= 4 is 10.0 Å². The van der Waals surface area contributed by atoms with Crippen molar-refractivity contribution in [2.75, 3.05) is 6.54 Å². The zero-order valence-corrected chi connectivity index (χ0v) is 14.8. The average Bonchev–Trinajstić information content (AvgIpc) is 3.30. The normalized spacial score (nSPS) is 13.0. The molecule has 0 saturated carbocycles. The summed E-state index contributed by atoms with van der Waals surface area (Å²) in [6.45, 7) is 2.24. The number of aryl methyl sites for hydroxylation is 1. The van der Waals surface area contributed by atoms with Gasteiger partial charge in [-0.1, -0.05) is 25.5 Å². The van der Waals surface area contributed by atoms with E-state index in [-0.39, 0.29) is 17.5 Å². The van der Waals surface area contributed by atoms with Crippen LogP contribution in [0.15, 0.2) is 70.4 Å². The van der Waals surface area contributed by atoms with Gasteiger partial charge in [-0.05, 0) is 42.3 Å². The summed E-state index contributed by atoms with van der Waals surface area (Å²) in [5.41, 5.74) is 1.13. The predicted molar refractivity (Wildman–Crippen MR) is 94.7 cm³/mol. The topological polar surface area (TPSA) is 77.1 Å². The lowest BCUT2D eigenvalue weighted by Crippen LogP contribution is -2.31. The van der Waals surface area contributed by atoms with Crippen LogP contribution in [-0.2, 0) is 16.4 Å². The van der Waals surface area contributed by atoms with Crippen LogP contribution in [0.5, 0.6) is 0 Å². The van der Waals surface area contributed by atoms with Crippen LogP contribution in [0.2, 0.25) is 0 Å². The Morgan fingerprint density at radius 3 is 2.60 bits per heavy atom. The van der Waals surface area contributed by atoms with Crippen LogP contribution in [0.3, 0.4) is 0 Å². The van der Waals surface area contributed by atoms with Crippen molar-refractivity contribution in [3.63, 3.8) is 0 Å². The van der Waals surface area contributed by atoms with Crippen molar-refractivity contribution in [3.05, 3.63) is 72.4 Å². The molecule has 0 aliphatic carbocycles. The molecule has 0 radical (unpaired) electrons. The Labute approximate surface area is 147 Å². The summed E-state index contributed by atoms with van der Waals surface area (Å²) in [6.07, 6.45) is 6.96. The molecule has 3 aromatic rings. The Morgan fingerprint density at radius 1 is 1.20 bits per heavy atom. The molecule has 0 saturated heterocycles. The summed E-state index contributed by atoms with van der Waals surface area (Å²) in [7, 11) is -3.60. The summed E-state index contributed by atoms with van der Waals surface area (Å²) in [4.78, 5) is 0.256. The van der Waals surface area contributed by atoms with E-state index in [1.165, 1.54) is 0 Å². The molecule has 2 heterocycles. The molecule has 0 spiro atoms. The lowest BCUT2D eigenvalue weighted by molar-refractivity contribution is 0.402.